The van der Waals surface area contributed by atoms with Crippen molar-refractivity contribution >= 4 is 28.1 Å². The van der Waals surface area contributed by atoms with Crippen LogP contribution in [0.4, 0.5) is 11.6 Å². The molecule has 0 amide bonds. The van der Waals surface area contributed by atoms with Crippen molar-refractivity contribution in [3.8, 4) is 11.3 Å². The lowest BCUT2D eigenvalue weighted by atomic mass is 9.72. The quantitative estimate of drug-likeness (QED) is 0.462. The Labute approximate surface area is 199 Å². The van der Waals surface area contributed by atoms with E-state index in [2.05, 4.69) is 55.8 Å². The van der Waals surface area contributed by atoms with Crippen LogP contribution < -0.4 is 10.2 Å². The predicted octanol–water partition coefficient (Wildman–Crippen LogP) is 4.90. The highest BCUT2D eigenvalue weighted by atomic mass is 16.3. The molecular formula is C27H28N6O. The van der Waals surface area contributed by atoms with Gasteiger partial charge >= 0.3 is 0 Å². The number of nitrogens with one attached hydrogen (secondary N) is 1. The summed E-state index contributed by atoms with van der Waals surface area (Å²) in [5, 5.41) is 5.50. The molecule has 0 unspecified atom stereocenters. The van der Waals surface area contributed by atoms with Crippen LogP contribution in [0.3, 0.4) is 0 Å². The van der Waals surface area contributed by atoms with E-state index in [9.17, 15) is 0 Å². The van der Waals surface area contributed by atoms with Crippen molar-refractivity contribution in [2.45, 2.75) is 12.8 Å². The largest absolute Gasteiger partial charge is 0.444 e. The molecule has 4 aromatic rings. The van der Waals surface area contributed by atoms with Crippen LogP contribution in [0.5, 0.6) is 0 Å². The van der Waals surface area contributed by atoms with Crippen LogP contribution in [-0.4, -0.2) is 53.1 Å². The molecular weight excluding hydrogens is 424 g/mol. The highest BCUT2D eigenvalue weighted by molar-refractivity contribution is 5.89. The summed E-state index contributed by atoms with van der Waals surface area (Å²) in [6, 6.07) is 12.3. The van der Waals surface area contributed by atoms with E-state index in [1.165, 1.54) is 32.3 Å². The van der Waals surface area contributed by atoms with E-state index in [1.807, 2.05) is 36.7 Å². The van der Waals surface area contributed by atoms with Crippen LogP contribution in [0.25, 0.3) is 27.8 Å². The minimum atomic E-state index is 0.471. The van der Waals surface area contributed by atoms with Crippen LogP contribution in [-0.2, 0) is 0 Å². The zero-order valence-corrected chi connectivity index (χ0v) is 19.4. The molecule has 7 heteroatoms. The van der Waals surface area contributed by atoms with Crippen molar-refractivity contribution in [3.63, 3.8) is 0 Å². The van der Waals surface area contributed by atoms with Crippen molar-refractivity contribution in [2.75, 3.05) is 43.4 Å². The summed E-state index contributed by atoms with van der Waals surface area (Å²) in [4.78, 5) is 18.0. The summed E-state index contributed by atoms with van der Waals surface area (Å²) in [5.74, 6) is 2.52. The maximum atomic E-state index is 5.44. The smallest absolute Gasteiger partial charge is 0.181 e. The molecule has 0 atom stereocenters. The van der Waals surface area contributed by atoms with Gasteiger partial charge in [0, 0.05) is 53.1 Å². The number of fused-ring (bicyclic) bond motifs is 1. The summed E-state index contributed by atoms with van der Waals surface area (Å²) in [7, 11) is 2.22. The zero-order valence-electron chi connectivity index (χ0n) is 19.4. The van der Waals surface area contributed by atoms with Crippen molar-refractivity contribution in [1.82, 2.24) is 19.9 Å². The van der Waals surface area contributed by atoms with Gasteiger partial charge in [-0.2, -0.15) is 0 Å². The van der Waals surface area contributed by atoms with E-state index in [1.54, 1.807) is 6.20 Å². The molecule has 34 heavy (non-hydrogen) atoms. The lowest BCUT2D eigenvalue weighted by Gasteiger charge is -2.54. The predicted molar refractivity (Wildman–Crippen MR) is 136 cm³/mol. The second-order valence-corrected chi connectivity index (χ2v) is 9.66. The van der Waals surface area contributed by atoms with Gasteiger partial charge < -0.3 is 19.5 Å². The monoisotopic (exact) mass is 452 g/mol. The summed E-state index contributed by atoms with van der Waals surface area (Å²) < 4.78 is 5.44. The second kappa shape index (κ2) is 8.25. The molecule has 3 aromatic heterocycles. The number of pyridine rings is 2. The SMILES string of the molecule is C=C(Nc1cc2cc(-c3cnco3)ccc2cn1)c1ccnc(N2CC3(CCN(C)CC3)C2)c1. The maximum absolute atomic E-state index is 5.44. The van der Waals surface area contributed by atoms with Gasteiger partial charge in [-0.3, -0.25) is 0 Å². The molecule has 7 nitrogen and oxygen atoms in total. The van der Waals surface area contributed by atoms with E-state index in [0.717, 1.165) is 58.1 Å². The number of hydrogen-bond donors (Lipinski definition) is 1. The molecule has 5 heterocycles. The van der Waals surface area contributed by atoms with E-state index >= 15 is 0 Å². The van der Waals surface area contributed by atoms with Gasteiger partial charge in [0.25, 0.3) is 0 Å². The molecule has 1 N–H and O–H groups in total. The average molecular weight is 453 g/mol. The van der Waals surface area contributed by atoms with Crippen molar-refractivity contribution in [1.29, 1.82) is 0 Å². The summed E-state index contributed by atoms with van der Waals surface area (Å²) in [6.07, 6.45) is 9.46. The average Bonchev–Trinajstić information content (AvgIpc) is 3.38. The van der Waals surface area contributed by atoms with Gasteiger partial charge in [0.2, 0.25) is 0 Å². The Kier molecular flexibility index (Phi) is 5.07. The summed E-state index contributed by atoms with van der Waals surface area (Å²) >= 11 is 0. The van der Waals surface area contributed by atoms with Crippen LogP contribution in [0.15, 0.2) is 72.4 Å². The second-order valence-electron chi connectivity index (χ2n) is 9.66. The van der Waals surface area contributed by atoms with E-state index < -0.39 is 0 Å². The van der Waals surface area contributed by atoms with Gasteiger partial charge in [0.15, 0.2) is 12.2 Å². The minimum absolute atomic E-state index is 0.471. The maximum Gasteiger partial charge on any atom is 0.181 e. The Morgan fingerprint density at radius 3 is 2.68 bits per heavy atom. The molecule has 2 fully saturated rings. The fraction of sp³-hybridized carbons (Fsp3) is 0.296. The molecule has 1 spiro atoms. The molecule has 2 saturated heterocycles. The van der Waals surface area contributed by atoms with Crippen molar-refractivity contribution in [3.05, 3.63) is 73.5 Å². The Hall–Kier alpha value is -3.71. The molecule has 1 aromatic carbocycles. The normalized spacial score (nSPS) is 17.6. The Bertz CT molecular complexity index is 1330. The third-order valence-corrected chi connectivity index (χ3v) is 7.24. The topological polar surface area (TPSA) is 70.3 Å². The molecule has 0 aliphatic carbocycles. The van der Waals surface area contributed by atoms with Gasteiger partial charge in [-0.1, -0.05) is 18.7 Å². The molecule has 2 aliphatic heterocycles. The highest BCUT2D eigenvalue weighted by Crippen LogP contribution is 2.42. The van der Waals surface area contributed by atoms with Crippen LogP contribution in [0.2, 0.25) is 0 Å². The number of benzene rings is 1. The van der Waals surface area contributed by atoms with Crippen molar-refractivity contribution < 1.29 is 4.42 Å². The molecule has 0 bridgehead atoms. The van der Waals surface area contributed by atoms with Gasteiger partial charge in [0.05, 0.1) is 6.20 Å². The molecule has 0 radical (unpaired) electrons. The number of oxazole rings is 1. The first kappa shape index (κ1) is 20.9. The standard InChI is InChI=1S/C27H28N6O/c1-19(20-5-8-29-26(13-20)33-16-27(17-33)6-9-32(2)10-7-27)31-25-12-23-11-21(24-15-28-18-34-24)3-4-22(23)14-30-25/h3-5,8,11-15,18H,1,6-7,9-10,16-17H2,2H3,(H,30,31). The third-order valence-electron chi connectivity index (χ3n) is 7.24. The van der Waals surface area contributed by atoms with E-state index in [4.69, 9.17) is 4.42 Å². The number of piperidine rings is 1. The van der Waals surface area contributed by atoms with Crippen LogP contribution >= 0.6 is 0 Å². The summed E-state index contributed by atoms with van der Waals surface area (Å²) in [5.41, 5.74) is 3.28. The molecule has 172 valence electrons. The molecule has 6 rings (SSSR count). The van der Waals surface area contributed by atoms with Crippen molar-refractivity contribution in [2.24, 2.45) is 5.41 Å². The number of hydrogen-bond acceptors (Lipinski definition) is 7. The lowest BCUT2D eigenvalue weighted by Crippen LogP contribution is -2.60. The number of likely N-dealkylation sites (tertiary alicyclic amines) is 1. The van der Waals surface area contributed by atoms with Gasteiger partial charge in [-0.05, 0) is 62.6 Å². The molecule has 0 saturated carbocycles. The lowest BCUT2D eigenvalue weighted by molar-refractivity contribution is 0.0900. The molecule has 2 aliphatic rings. The number of aromatic nitrogens is 3. The Morgan fingerprint density at radius 2 is 1.88 bits per heavy atom. The van der Waals surface area contributed by atoms with E-state index in [-0.39, 0.29) is 0 Å². The highest BCUT2D eigenvalue weighted by Gasteiger charge is 2.44. The van der Waals surface area contributed by atoms with Gasteiger partial charge in [-0.25, -0.2) is 15.0 Å². The third kappa shape index (κ3) is 3.92. The first-order valence-corrected chi connectivity index (χ1v) is 11.7. The first-order valence-electron chi connectivity index (χ1n) is 11.7. The number of nitrogens with zero attached hydrogens (tertiary/aromatic N) is 5. The number of anilines is 2. The van der Waals surface area contributed by atoms with Gasteiger partial charge in [-0.15, -0.1) is 0 Å². The van der Waals surface area contributed by atoms with Crippen LogP contribution in [0, 0.1) is 5.41 Å². The Morgan fingerprint density at radius 1 is 1.03 bits per heavy atom. The van der Waals surface area contributed by atoms with Crippen LogP contribution in [0.1, 0.15) is 18.4 Å². The Balaban J connectivity index is 1.16. The fourth-order valence-electron chi connectivity index (χ4n) is 5.06. The zero-order chi connectivity index (χ0) is 23.1. The summed E-state index contributed by atoms with van der Waals surface area (Å²) in [6.45, 7) is 8.85. The fourth-order valence-corrected chi connectivity index (χ4v) is 5.06. The van der Waals surface area contributed by atoms with Gasteiger partial charge in [0.1, 0.15) is 11.6 Å². The van der Waals surface area contributed by atoms with E-state index in [0.29, 0.717) is 5.41 Å². The number of rotatable bonds is 5. The minimum Gasteiger partial charge on any atom is -0.444 e. The first-order chi connectivity index (χ1) is 16.6.